The molecule has 27 heavy (non-hydrogen) atoms. The Kier molecular flexibility index (Phi) is 6.28. The van der Waals surface area contributed by atoms with Crippen molar-refractivity contribution in [2.75, 3.05) is 5.75 Å². The summed E-state index contributed by atoms with van der Waals surface area (Å²) >= 11 is 3.18. The molecule has 6 nitrogen and oxygen atoms in total. The molecule has 1 atom stereocenters. The molecule has 3 aromatic rings. The van der Waals surface area contributed by atoms with Gasteiger partial charge in [-0.25, -0.2) is 0 Å². The van der Waals surface area contributed by atoms with Gasteiger partial charge in [-0.2, -0.15) is 4.68 Å². The summed E-state index contributed by atoms with van der Waals surface area (Å²) in [6.45, 7) is 6.41. The number of thioether (sulfide) groups is 1. The Balaban J connectivity index is 1.57. The number of hydrogen-bond donors (Lipinski definition) is 1. The highest BCUT2D eigenvalue weighted by atomic mass is 32.2. The molecular weight excluding hydrogens is 378 g/mol. The van der Waals surface area contributed by atoms with Crippen molar-refractivity contribution in [1.82, 2.24) is 25.5 Å². The number of para-hydroxylation sites is 1. The van der Waals surface area contributed by atoms with Crippen LogP contribution in [0, 0.1) is 5.41 Å². The first-order valence-electron chi connectivity index (χ1n) is 8.68. The van der Waals surface area contributed by atoms with Gasteiger partial charge in [-0.1, -0.05) is 45.0 Å². The van der Waals surface area contributed by atoms with Gasteiger partial charge in [0.1, 0.15) is 0 Å². The molecule has 0 fully saturated rings. The highest BCUT2D eigenvalue weighted by Gasteiger charge is 2.28. The molecule has 0 bridgehead atoms. The van der Waals surface area contributed by atoms with Crippen LogP contribution in [0.25, 0.3) is 5.69 Å². The number of carbonyl (C=O) groups excluding carboxylic acids is 1. The normalized spacial score (nSPS) is 12.7. The van der Waals surface area contributed by atoms with Gasteiger partial charge in [0.25, 0.3) is 0 Å². The zero-order chi connectivity index (χ0) is 19.3. The molecule has 1 aromatic carbocycles. The van der Waals surface area contributed by atoms with Gasteiger partial charge in [0.05, 0.1) is 23.2 Å². The maximum atomic E-state index is 12.5. The van der Waals surface area contributed by atoms with Crippen LogP contribution in [0.4, 0.5) is 0 Å². The number of thiophene rings is 1. The van der Waals surface area contributed by atoms with Gasteiger partial charge in [-0.15, -0.1) is 28.2 Å². The van der Waals surface area contributed by atoms with Crippen molar-refractivity contribution in [2.24, 2.45) is 5.41 Å². The van der Waals surface area contributed by atoms with Crippen LogP contribution in [-0.4, -0.2) is 31.9 Å². The largest absolute Gasteiger partial charge is 0.347 e. The fraction of sp³-hybridized carbons (Fsp3) is 0.368. The maximum absolute atomic E-state index is 12.5. The Morgan fingerprint density at radius 3 is 2.67 bits per heavy atom. The summed E-state index contributed by atoms with van der Waals surface area (Å²) in [6.07, 6.45) is 0. The Hall–Kier alpha value is -2.19. The summed E-state index contributed by atoms with van der Waals surface area (Å²) in [5, 5.41) is 17.1. The van der Waals surface area contributed by atoms with Crippen molar-refractivity contribution >= 4 is 29.0 Å². The smallest absolute Gasteiger partial charge is 0.230 e. The third kappa shape index (κ3) is 5.17. The van der Waals surface area contributed by atoms with Crippen molar-refractivity contribution in [1.29, 1.82) is 0 Å². The summed E-state index contributed by atoms with van der Waals surface area (Å²) in [7, 11) is 0. The quantitative estimate of drug-likeness (QED) is 0.651. The molecule has 8 heteroatoms. The SMILES string of the molecule is CC(C)(C)C(NC(=O)CSCc1nnnn1-c1ccccc1)c1cccs1. The Labute approximate surface area is 167 Å². The number of amides is 1. The van der Waals surface area contributed by atoms with Crippen LogP contribution in [0.5, 0.6) is 0 Å². The molecule has 0 radical (unpaired) electrons. The second-order valence-electron chi connectivity index (χ2n) is 7.22. The van der Waals surface area contributed by atoms with E-state index in [1.54, 1.807) is 16.0 Å². The minimum Gasteiger partial charge on any atom is -0.347 e. The van der Waals surface area contributed by atoms with Crippen LogP contribution in [-0.2, 0) is 10.5 Å². The molecule has 1 amide bonds. The first-order chi connectivity index (χ1) is 12.9. The summed E-state index contributed by atoms with van der Waals surface area (Å²) in [4.78, 5) is 13.7. The summed E-state index contributed by atoms with van der Waals surface area (Å²) < 4.78 is 1.70. The predicted octanol–water partition coefficient (Wildman–Crippen LogP) is 3.86. The molecule has 2 aromatic heterocycles. The van der Waals surface area contributed by atoms with E-state index < -0.39 is 0 Å². The Bertz CT molecular complexity index is 856. The van der Waals surface area contributed by atoms with E-state index in [-0.39, 0.29) is 17.4 Å². The molecule has 0 aliphatic heterocycles. The average Bonchev–Trinajstić information content (AvgIpc) is 3.31. The number of rotatable bonds is 7. The van der Waals surface area contributed by atoms with Crippen LogP contribution in [0.1, 0.15) is 37.5 Å². The van der Waals surface area contributed by atoms with Crippen LogP contribution in [0.3, 0.4) is 0 Å². The molecule has 2 heterocycles. The van der Waals surface area contributed by atoms with Crippen LogP contribution in [0.15, 0.2) is 47.8 Å². The monoisotopic (exact) mass is 401 g/mol. The molecule has 1 N–H and O–H groups in total. The van der Waals surface area contributed by atoms with E-state index in [1.807, 2.05) is 41.8 Å². The van der Waals surface area contributed by atoms with Crippen molar-refractivity contribution < 1.29 is 4.79 Å². The number of benzene rings is 1. The number of tetrazole rings is 1. The van der Waals surface area contributed by atoms with Crippen LogP contribution < -0.4 is 5.32 Å². The van der Waals surface area contributed by atoms with E-state index in [0.717, 1.165) is 11.5 Å². The minimum atomic E-state index is -0.0530. The average molecular weight is 402 g/mol. The van der Waals surface area contributed by atoms with E-state index in [2.05, 4.69) is 47.7 Å². The lowest BCUT2D eigenvalue weighted by Gasteiger charge is -2.30. The minimum absolute atomic E-state index is 0.000221. The fourth-order valence-corrected chi connectivity index (χ4v) is 4.43. The zero-order valence-electron chi connectivity index (χ0n) is 15.6. The van der Waals surface area contributed by atoms with E-state index >= 15 is 0 Å². The summed E-state index contributed by atoms with van der Waals surface area (Å²) in [6, 6.07) is 13.8. The van der Waals surface area contributed by atoms with E-state index in [9.17, 15) is 4.79 Å². The second kappa shape index (κ2) is 8.67. The van der Waals surface area contributed by atoms with Crippen molar-refractivity contribution in [3.8, 4) is 5.69 Å². The van der Waals surface area contributed by atoms with Crippen molar-refractivity contribution in [3.63, 3.8) is 0 Å². The molecule has 0 aliphatic rings. The molecule has 0 spiro atoms. The molecule has 0 saturated carbocycles. The van der Waals surface area contributed by atoms with Gasteiger partial charge >= 0.3 is 0 Å². The fourth-order valence-electron chi connectivity index (χ4n) is 2.67. The van der Waals surface area contributed by atoms with Gasteiger partial charge in [-0.3, -0.25) is 4.79 Å². The second-order valence-corrected chi connectivity index (χ2v) is 9.18. The zero-order valence-corrected chi connectivity index (χ0v) is 17.3. The highest BCUT2D eigenvalue weighted by molar-refractivity contribution is 7.99. The molecule has 142 valence electrons. The third-order valence-corrected chi connectivity index (χ3v) is 5.86. The van der Waals surface area contributed by atoms with Gasteiger partial charge in [0.2, 0.25) is 5.91 Å². The number of carbonyl (C=O) groups is 1. The van der Waals surface area contributed by atoms with Gasteiger partial charge < -0.3 is 5.32 Å². The Morgan fingerprint density at radius 2 is 2.00 bits per heavy atom. The molecule has 1 unspecified atom stereocenters. The van der Waals surface area contributed by atoms with Gasteiger partial charge in [0, 0.05) is 4.88 Å². The molecule has 0 saturated heterocycles. The van der Waals surface area contributed by atoms with E-state index in [0.29, 0.717) is 11.5 Å². The van der Waals surface area contributed by atoms with Gasteiger partial charge in [-0.05, 0) is 39.4 Å². The van der Waals surface area contributed by atoms with Gasteiger partial charge in [0.15, 0.2) is 5.82 Å². The Morgan fingerprint density at radius 1 is 1.22 bits per heavy atom. The number of nitrogens with one attached hydrogen (secondary N) is 1. The third-order valence-electron chi connectivity index (χ3n) is 4.00. The number of aromatic nitrogens is 4. The van der Waals surface area contributed by atoms with Crippen molar-refractivity contribution in [2.45, 2.75) is 32.6 Å². The van der Waals surface area contributed by atoms with E-state index in [1.165, 1.54) is 16.6 Å². The first-order valence-corrected chi connectivity index (χ1v) is 10.7. The molecule has 0 aliphatic carbocycles. The standard InChI is InChI=1S/C19H23N5OS2/c1-19(2,3)18(15-10-7-11-27-15)20-17(25)13-26-12-16-21-22-23-24(16)14-8-5-4-6-9-14/h4-11,18H,12-13H2,1-3H3,(H,20,25). The molecular formula is C19H23N5OS2. The lowest BCUT2D eigenvalue weighted by molar-refractivity contribution is -0.120. The van der Waals surface area contributed by atoms with Crippen LogP contribution in [0.2, 0.25) is 0 Å². The summed E-state index contributed by atoms with van der Waals surface area (Å²) in [5.41, 5.74) is 0.857. The molecule has 3 rings (SSSR count). The summed E-state index contributed by atoms with van der Waals surface area (Å²) in [5.74, 6) is 1.67. The number of nitrogens with zero attached hydrogens (tertiary/aromatic N) is 4. The highest BCUT2D eigenvalue weighted by Crippen LogP contribution is 2.35. The van der Waals surface area contributed by atoms with E-state index in [4.69, 9.17) is 0 Å². The maximum Gasteiger partial charge on any atom is 0.230 e. The predicted molar refractivity (Wildman–Crippen MR) is 110 cm³/mol. The van der Waals surface area contributed by atoms with Crippen molar-refractivity contribution in [3.05, 3.63) is 58.5 Å². The topological polar surface area (TPSA) is 72.7 Å². The first kappa shape index (κ1) is 19.6. The number of hydrogen-bond acceptors (Lipinski definition) is 6. The lowest BCUT2D eigenvalue weighted by Crippen LogP contribution is -2.37. The lowest BCUT2D eigenvalue weighted by atomic mass is 9.86. The van der Waals surface area contributed by atoms with Crippen LogP contribution >= 0.6 is 23.1 Å².